The van der Waals surface area contributed by atoms with Crippen molar-refractivity contribution in [1.29, 1.82) is 0 Å². The highest BCUT2D eigenvalue weighted by Crippen LogP contribution is 2.43. The topological polar surface area (TPSA) is 103 Å². The van der Waals surface area contributed by atoms with Gasteiger partial charge in [0.1, 0.15) is 11.6 Å². The van der Waals surface area contributed by atoms with Crippen LogP contribution in [0.15, 0.2) is 46.2 Å². The maximum absolute atomic E-state index is 11.6. The standard InChI is InChI=1S/C13H18O4S.C10H14N2O2S/c1-3-9-17-13(10-14)11-5-7-12(8-6-11)18(15,16)4-2;1-11-10-12-6-4-7(13-2)8(14-3)5-9(6)15-10/h5-8,10,13H,3-4,9H2,1-2H3;4-5,10-12H,1-3H3. The molecule has 0 fully saturated rings. The van der Waals surface area contributed by atoms with Gasteiger partial charge < -0.3 is 24.3 Å². The Bertz CT molecular complexity index is 979. The van der Waals surface area contributed by atoms with Crippen molar-refractivity contribution in [1.82, 2.24) is 5.32 Å². The number of anilines is 1. The molecular weight excluding hydrogens is 464 g/mol. The molecule has 3 rings (SSSR count). The molecule has 2 aromatic carbocycles. The van der Waals surface area contributed by atoms with Gasteiger partial charge in [0, 0.05) is 17.6 Å². The monoisotopic (exact) mass is 496 g/mol. The van der Waals surface area contributed by atoms with Gasteiger partial charge in [0.05, 0.1) is 30.6 Å². The van der Waals surface area contributed by atoms with E-state index in [-0.39, 0.29) is 16.1 Å². The molecule has 0 amide bonds. The normalized spacial score (nSPS) is 15.5. The summed E-state index contributed by atoms with van der Waals surface area (Å²) in [7, 11) is 2.01. The number of hydrogen-bond donors (Lipinski definition) is 2. The number of carbonyl (C=O) groups is 1. The number of benzene rings is 2. The second kappa shape index (κ2) is 12.8. The smallest absolute Gasteiger partial charge is 0.178 e. The highest BCUT2D eigenvalue weighted by Gasteiger charge is 2.22. The number of hydrogen-bond acceptors (Lipinski definition) is 9. The van der Waals surface area contributed by atoms with E-state index in [2.05, 4.69) is 10.6 Å². The van der Waals surface area contributed by atoms with Gasteiger partial charge in [-0.3, -0.25) is 5.32 Å². The molecule has 33 heavy (non-hydrogen) atoms. The van der Waals surface area contributed by atoms with Crippen molar-refractivity contribution in [3.63, 3.8) is 0 Å². The van der Waals surface area contributed by atoms with Gasteiger partial charge in [-0.1, -0.05) is 37.7 Å². The van der Waals surface area contributed by atoms with Crippen molar-refractivity contribution in [2.45, 2.75) is 41.7 Å². The first-order valence-corrected chi connectivity index (χ1v) is 13.1. The Balaban J connectivity index is 0.000000237. The van der Waals surface area contributed by atoms with E-state index < -0.39 is 15.9 Å². The molecule has 0 spiro atoms. The molecule has 0 aliphatic carbocycles. The van der Waals surface area contributed by atoms with E-state index in [1.807, 2.05) is 26.1 Å². The zero-order valence-corrected chi connectivity index (χ0v) is 21.2. The molecule has 1 aliphatic rings. The second-order valence-corrected chi connectivity index (χ2v) is 10.5. The summed E-state index contributed by atoms with van der Waals surface area (Å²) in [6.45, 7) is 4.05. The molecule has 0 saturated heterocycles. The maximum Gasteiger partial charge on any atom is 0.178 e. The first-order valence-electron chi connectivity index (χ1n) is 10.6. The molecule has 8 nitrogen and oxygen atoms in total. The number of thioether (sulfide) groups is 1. The lowest BCUT2D eigenvalue weighted by Gasteiger charge is -2.12. The predicted octanol–water partition coefficient (Wildman–Crippen LogP) is 3.87. The number of sulfone groups is 1. The van der Waals surface area contributed by atoms with Crippen LogP contribution in [0.25, 0.3) is 0 Å². The zero-order valence-electron chi connectivity index (χ0n) is 19.6. The van der Waals surface area contributed by atoms with Crippen molar-refractivity contribution in [3.05, 3.63) is 42.0 Å². The van der Waals surface area contributed by atoms with Crippen molar-refractivity contribution in [2.75, 3.05) is 38.9 Å². The number of nitrogens with one attached hydrogen (secondary N) is 2. The van der Waals surface area contributed by atoms with Gasteiger partial charge in [0.2, 0.25) is 0 Å². The van der Waals surface area contributed by atoms with Crippen molar-refractivity contribution in [2.24, 2.45) is 0 Å². The number of aldehydes is 1. The fraction of sp³-hybridized carbons (Fsp3) is 0.435. The molecule has 2 unspecified atom stereocenters. The number of methoxy groups -OCH3 is 2. The molecule has 10 heteroatoms. The molecule has 2 N–H and O–H groups in total. The van der Waals surface area contributed by atoms with Gasteiger partial charge in [-0.2, -0.15) is 0 Å². The molecule has 2 aromatic rings. The summed E-state index contributed by atoms with van der Waals surface area (Å²) in [4.78, 5) is 12.4. The van der Waals surface area contributed by atoms with E-state index in [1.165, 1.54) is 17.0 Å². The second-order valence-electron chi connectivity index (χ2n) is 7.03. The Labute approximate surface area is 200 Å². The fourth-order valence-electron chi connectivity index (χ4n) is 2.99. The number of ether oxygens (including phenoxy) is 3. The van der Waals surface area contributed by atoms with Gasteiger partial charge in [0.25, 0.3) is 0 Å². The molecule has 0 saturated carbocycles. The van der Waals surface area contributed by atoms with Gasteiger partial charge in [-0.25, -0.2) is 8.42 Å². The zero-order chi connectivity index (χ0) is 24.4. The summed E-state index contributed by atoms with van der Waals surface area (Å²) in [6, 6.07) is 10.2. The van der Waals surface area contributed by atoms with Crippen LogP contribution in [0.3, 0.4) is 0 Å². The van der Waals surface area contributed by atoms with Crippen LogP contribution >= 0.6 is 11.8 Å². The van der Waals surface area contributed by atoms with E-state index in [4.69, 9.17) is 14.2 Å². The molecule has 182 valence electrons. The lowest BCUT2D eigenvalue weighted by atomic mass is 10.1. The van der Waals surface area contributed by atoms with Crippen LogP contribution in [-0.2, 0) is 19.4 Å². The first-order chi connectivity index (χ1) is 15.8. The Morgan fingerprint density at radius 3 is 2.27 bits per heavy atom. The van der Waals surface area contributed by atoms with Gasteiger partial charge in [0.15, 0.2) is 27.6 Å². The predicted molar refractivity (Wildman–Crippen MR) is 131 cm³/mol. The Kier molecular flexibility index (Phi) is 10.5. The molecular formula is C23H32N2O6S2. The number of carbonyl (C=O) groups excluding carboxylic acids is 1. The Hall–Kier alpha value is -2.27. The Morgan fingerprint density at radius 2 is 1.76 bits per heavy atom. The lowest BCUT2D eigenvalue weighted by molar-refractivity contribution is -0.118. The summed E-state index contributed by atoms with van der Waals surface area (Å²) in [5, 5.41) is 6.48. The summed E-state index contributed by atoms with van der Waals surface area (Å²) in [5.41, 5.74) is 1.97. The maximum atomic E-state index is 11.6. The minimum atomic E-state index is -3.19. The first kappa shape index (κ1) is 27.0. The third kappa shape index (κ3) is 7.10. The van der Waals surface area contributed by atoms with Crippen molar-refractivity contribution in [3.8, 4) is 11.5 Å². The van der Waals surface area contributed by atoms with Crippen LogP contribution < -0.4 is 20.1 Å². The van der Waals surface area contributed by atoms with Gasteiger partial charge in [-0.15, -0.1) is 0 Å². The van der Waals surface area contributed by atoms with Gasteiger partial charge in [-0.05, 0) is 37.2 Å². The largest absolute Gasteiger partial charge is 0.493 e. The van der Waals surface area contributed by atoms with E-state index >= 15 is 0 Å². The summed E-state index contributed by atoms with van der Waals surface area (Å²) >= 11 is 1.73. The molecule has 0 bridgehead atoms. The van der Waals surface area contributed by atoms with Crippen LogP contribution in [-0.4, -0.2) is 53.8 Å². The molecule has 0 radical (unpaired) electrons. The van der Waals surface area contributed by atoms with Crippen LogP contribution in [0.4, 0.5) is 5.69 Å². The quantitative estimate of drug-likeness (QED) is 0.475. The third-order valence-electron chi connectivity index (χ3n) is 4.85. The highest BCUT2D eigenvalue weighted by atomic mass is 32.2. The van der Waals surface area contributed by atoms with E-state index in [9.17, 15) is 13.2 Å². The third-order valence-corrected chi connectivity index (χ3v) is 7.78. The number of fused-ring (bicyclic) bond motifs is 1. The molecule has 2 atom stereocenters. The lowest BCUT2D eigenvalue weighted by Crippen LogP contribution is -2.26. The van der Waals surface area contributed by atoms with Crippen LogP contribution in [0.1, 0.15) is 31.9 Å². The average molecular weight is 497 g/mol. The summed E-state index contributed by atoms with van der Waals surface area (Å²) in [5.74, 6) is 1.58. The van der Waals surface area contributed by atoms with Crippen LogP contribution in [0, 0.1) is 0 Å². The van der Waals surface area contributed by atoms with Crippen LogP contribution in [0.5, 0.6) is 11.5 Å². The number of rotatable bonds is 10. The minimum Gasteiger partial charge on any atom is -0.493 e. The summed E-state index contributed by atoms with van der Waals surface area (Å²) in [6.07, 6.45) is 0.925. The average Bonchev–Trinajstić information content (AvgIpc) is 3.26. The van der Waals surface area contributed by atoms with Crippen LogP contribution in [0.2, 0.25) is 0 Å². The van der Waals surface area contributed by atoms with Crippen molar-refractivity contribution < 1.29 is 27.4 Å². The van der Waals surface area contributed by atoms with Gasteiger partial charge >= 0.3 is 0 Å². The highest BCUT2D eigenvalue weighted by molar-refractivity contribution is 8.00. The molecule has 1 aliphatic heterocycles. The Morgan fingerprint density at radius 1 is 1.12 bits per heavy atom. The SMILES string of the molecule is CCCOC(C=O)c1ccc(S(=O)(=O)CC)cc1.CNC1Nc2cc(OC)c(OC)cc2S1. The molecule has 0 aromatic heterocycles. The fourth-order valence-corrected chi connectivity index (χ4v) is 4.85. The van der Waals surface area contributed by atoms with E-state index in [0.717, 1.165) is 29.9 Å². The minimum absolute atomic E-state index is 0.0653. The summed E-state index contributed by atoms with van der Waals surface area (Å²) < 4.78 is 39.1. The molecule has 1 heterocycles. The van der Waals surface area contributed by atoms with E-state index in [1.54, 1.807) is 45.0 Å². The van der Waals surface area contributed by atoms with E-state index in [0.29, 0.717) is 12.2 Å². The van der Waals surface area contributed by atoms with Crippen molar-refractivity contribution >= 4 is 33.6 Å².